The zero-order valence-electron chi connectivity index (χ0n) is 13.3. The van der Waals surface area contributed by atoms with E-state index in [4.69, 9.17) is 4.74 Å². The molecule has 0 N–H and O–H groups in total. The molecule has 0 aromatic heterocycles. The molecular formula is C18H25NO2. The van der Waals surface area contributed by atoms with Gasteiger partial charge in [0.1, 0.15) is 5.60 Å². The molecular weight excluding hydrogens is 262 g/mol. The summed E-state index contributed by atoms with van der Waals surface area (Å²) in [4.78, 5) is 14.5. The Morgan fingerprint density at radius 1 is 1.24 bits per heavy atom. The summed E-state index contributed by atoms with van der Waals surface area (Å²) in [6.45, 7) is 6.63. The summed E-state index contributed by atoms with van der Waals surface area (Å²) in [5, 5.41) is 0. The van der Waals surface area contributed by atoms with Gasteiger partial charge in [0.05, 0.1) is 0 Å². The quantitative estimate of drug-likeness (QED) is 0.718. The lowest BCUT2D eigenvalue weighted by Crippen LogP contribution is -2.50. The van der Waals surface area contributed by atoms with Gasteiger partial charge in [-0.2, -0.15) is 0 Å². The van der Waals surface area contributed by atoms with E-state index in [1.54, 1.807) is 0 Å². The Balaban J connectivity index is 1.82. The van der Waals surface area contributed by atoms with Crippen LogP contribution in [0.15, 0.2) is 24.3 Å². The second-order valence-electron chi connectivity index (χ2n) is 7.23. The molecule has 1 aromatic rings. The minimum atomic E-state index is -0.420. The highest BCUT2D eigenvalue weighted by atomic mass is 16.6. The average molecular weight is 287 g/mol. The van der Waals surface area contributed by atoms with Crippen LogP contribution in [0, 0.1) is 0 Å². The summed E-state index contributed by atoms with van der Waals surface area (Å²) in [5.74, 6) is 0.483. The first-order valence-electron chi connectivity index (χ1n) is 8.03. The first kappa shape index (κ1) is 14.4. The van der Waals surface area contributed by atoms with E-state index in [1.807, 2.05) is 25.7 Å². The number of fused-ring (bicyclic) bond motifs is 3. The van der Waals surface area contributed by atoms with Crippen LogP contribution in [0.5, 0.6) is 0 Å². The number of carbonyl (C=O) groups is 1. The Morgan fingerprint density at radius 3 is 2.76 bits per heavy atom. The molecule has 2 aliphatic rings. The number of hydrogen-bond donors (Lipinski definition) is 0. The zero-order valence-corrected chi connectivity index (χ0v) is 13.3. The summed E-state index contributed by atoms with van der Waals surface area (Å²) in [5.41, 5.74) is 2.49. The van der Waals surface area contributed by atoms with Crippen LogP contribution in [0.4, 0.5) is 4.79 Å². The fourth-order valence-electron chi connectivity index (χ4n) is 3.75. The fourth-order valence-corrected chi connectivity index (χ4v) is 3.75. The Hall–Kier alpha value is -1.51. The van der Waals surface area contributed by atoms with Crippen LogP contribution in [0.2, 0.25) is 0 Å². The van der Waals surface area contributed by atoms with Crippen LogP contribution < -0.4 is 0 Å². The molecule has 1 aliphatic heterocycles. The van der Waals surface area contributed by atoms with Crippen molar-refractivity contribution < 1.29 is 9.53 Å². The summed E-state index contributed by atoms with van der Waals surface area (Å²) in [7, 11) is 0. The molecule has 0 spiro atoms. The monoisotopic (exact) mass is 287 g/mol. The van der Waals surface area contributed by atoms with Gasteiger partial charge in [-0.25, -0.2) is 4.79 Å². The second kappa shape index (κ2) is 5.36. The van der Waals surface area contributed by atoms with E-state index >= 15 is 0 Å². The number of hydrogen-bond acceptors (Lipinski definition) is 2. The molecule has 1 aliphatic carbocycles. The van der Waals surface area contributed by atoms with Crippen LogP contribution in [0.3, 0.4) is 0 Å². The predicted octanol–water partition coefficient (Wildman–Crippen LogP) is 4.12. The fraction of sp³-hybridized carbons (Fsp3) is 0.611. The SMILES string of the molecule is CC(C)(C)OC(=O)N1CCC[C@H]2c3ccccc3CC[C@@H]21. The van der Waals surface area contributed by atoms with Gasteiger partial charge in [0, 0.05) is 18.5 Å². The van der Waals surface area contributed by atoms with Crippen LogP contribution >= 0.6 is 0 Å². The van der Waals surface area contributed by atoms with Gasteiger partial charge in [-0.05, 0) is 57.6 Å². The molecule has 3 heteroatoms. The molecule has 3 nitrogen and oxygen atoms in total. The van der Waals surface area contributed by atoms with Crippen molar-refractivity contribution in [1.82, 2.24) is 4.90 Å². The number of nitrogens with zero attached hydrogens (tertiary/aromatic N) is 1. The molecule has 1 amide bonds. The number of rotatable bonds is 0. The third-order valence-corrected chi connectivity index (χ3v) is 4.57. The first-order valence-corrected chi connectivity index (χ1v) is 8.03. The average Bonchev–Trinajstić information content (AvgIpc) is 2.44. The smallest absolute Gasteiger partial charge is 0.410 e. The maximum atomic E-state index is 12.5. The summed E-state index contributed by atoms with van der Waals surface area (Å²) < 4.78 is 5.60. The molecule has 21 heavy (non-hydrogen) atoms. The molecule has 0 unspecified atom stereocenters. The van der Waals surface area contributed by atoms with E-state index in [-0.39, 0.29) is 6.09 Å². The summed E-state index contributed by atoms with van der Waals surface area (Å²) in [6.07, 6.45) is 4.23. The van der Waals surface area contributed by atoms with Crippen molar-refractivity contribution in [2.45, 2.75) is 64.0 Å². The van der Waals surface area contributed by atoms with E-state index in [0.717, 1.165) is 25.8 Å². The molecule has 1 fully saturated rings. The highest BCUT2D eigenvalue weighted by Crippen LogP contribution is 2.40. The number of piperidine rings is 1. The molecule has 114 valence electrons. The summed E-state index contributed by atoms with van der Waals surface area (Å²) in [6, 6.07) is 9.02. The molecule has 2 atom stereocenters. The Kier molecular flexibility index (Phi) is 3.68. The van der Waals surface area contributed by atoms with Crippen molar-refractivity contribution in [3.05, 3.63) is 35.4 Å². The van der Waals surface area contributed by atoms with E-state index in [0.29, 0.717) is 12.0 Å². The van der Waals surface area contributed by atoms with Gasteiger partial charge >= 0.3 is 6.09 Å². The molecule has 3 rings (SSSR count). The highest BCUT2D eigenvalue weighted by molar-refractivity contribution is 5.69. The van der Waals surface area contributed by atoms with Crippen molar-refractivity contribution in [2.75, 3.05) is 6.54 Å². The van der Waals surface area contributed by atoms with Crippen LogP contribution in [0.1, 0.15) is 57.1 Å². The van der Waals surface area contributed by atoms with Crippen LogP contribution in [-0.4, -0.2) is 29.2 Å². The highest BCUT2D eigenvalue weighted by Gasteiger charge is 2.39. The first-order chi connectivity index (χ1) is 9.96. The number of amides is 1. The second-order valence-corrected chi connectivity index (χ2v) is 7.23. The minimum Gasteiger partial charge on any atom is -0.444 e. The van der Waals surface area contributed by atoms with Crippen molar-refractivity contribution in [1.29, 1.82) is 0 Å². The normalized spacial score (nSPS) is 25.0. The number of carbonyl (C=O) groups excluding carboxylic acids is 1. The van der Waals surface area contributed by atoms with Gasteiger partial charge in [0.25, 0.3) is 0 Å². The maximum Gasteiger partial charge on any atom is 0.410 e. The molecule has 0 saturated carbocycles. The lowest BCUT2D eigenvalue weighted by atomic mass is 9.74. The Morgan fingerprint density at radius 2 is 2.00 bits per heavy atom. The molecule has 1 aromatic carbocycles. The van der Waals surface area contributed by atoms with Crippen molar-refractivity contribution in [3.8, 4) is 0 Å². The number of ether oxygens (including phenoxy) is 1. The standard InChI is InChI=1S/C18H25NO2/c1-18(2,3)21-17(20)19-12-6-9-15-14-8-5-4-7-13(14)10-11-16(15)19/h4-5,7-8,15-16H,6,9-12H2,1-3H3/t15-,16-/m0/s1. The topological polar surface area (TPSA) is 29.5 Å². The van der Waals surface area contributed by atoms with Gasteiger partial charge in [-0.1, -0.05) is 24.3 Å². The van der Waals surface area contributed by atoms with Gasteiger partial charge < -0.3 is 9.64 Å². The molecule has 1 saturated heterocycles. The van der Waals surface area contributed by atoms with Crippen molar-refractivity contribution >= 4 is 6.09 Å². The molecule has 0 bridgehead atoms. The van der Waals surface area contributed by atoms with Crippen LogP contribution in [0.25, 0.3) is 0 Å². The van der Waals surface area contributed by atoms with Crippen molar-refractivity contribution in [3.63, 3.8) is 0 Å². The maximum absolute atomic E-state index is 12.5. The van der Waals surface area contributed by atoms with Gasteiger partial charge in [0.2, 0.25) is 0 Å². The zero-order chi connectivity index (χ0) is 15.0. The minimum absolute atomic E-state index is 0.142. The van der Waals surface area contributed by atoms with Gasteiger partial charge in [-0.3, -0.25) is 0 Å². The number of aryl methyl sites for hydroxylation is 1. The van der Waals surface area contributed by atoms with E-state index in [9.17, 15) is 4.79 Å². The molecule has 1 heterocycles. The van der Waals surface area contributed by atoms with Crippen LogP contribution in [-0.2, 0) is 11.2 Å². The van der Waals surface area contributed by atoms with E-state index < -0.39 is 5.60 Å². The Labute approximate surface area is 127 Å². The van der Waals surface area contributed by atoms with Gasteiger partial charge in [-0.15, -0.1) is 0 Å². The van der Waals surface area contributed by atoms with Gasteiger partial charge in [0.15, 0.2) is 0 Å². The predicted molar refractivity (Wildman–Crippen MR) is 83.5 cm³/mol. The number of likely N-dealkylation sites (tertiary alicyclic amines) is 1. The van der Waals surface area contributed by atoms with Crippen molar-refractivity contribution in [2.24, 2.45) is 0 Å². The Bertz CT molecular complexity index is 532. The number of benzene rings is 1. The molecule has 0 radical (unpaired) electrons. The lowest BCUT2D eigenvalue weighted by Gasteiger charge is -2.44. The van der Waals surface area contributed by atoms with E-state index in [2.05, 4.69) is 24.3 Å². The van der Waals surface area contributed by atoms with E-state index in [1.165, 1.54) is 17.5 Å². The third-order valence-electron chi connectivity index (χ3n) is 4.57. The summed E-state index contributed by atoms with van der Waals surface area (Å²) >= 11 is 0. The third kappa shape index (κ3) is 2.92. The lowest BCUT2D eigenvalue weighted by molar-refractivity contribution is 0.00424. The largest absolute Gasteiger partial charge is 0.444 e.